The lowest BCUT2D eigenvalue weighted by atomic mass is 10.1. The predicted octanol–water partition coefficient (Wildman–Crippen LogP) is 3.79. The number of rotatable bonds is 7. The Morgan fingerprint density at radius 1 is 1.10 bits per heavy atom. The third-order valence-corrected chi connectivity index (χ3v) is 5.82. The summed E-state index contributed by atoms with van der Waals surface area (Å²) in [4.78, 5) is 24.7. The van der Waals surface area contributed by atoms with E-state index in [0.717, 1.165) is 16.8 Å². The molecule has 1 unspecified atom stereocenters. The number of carbonyl (C=O) groups is 2. The van der Waals surface area contributed by atoms with Gasteiger partial charge in [0, 0.05) is 12.7 Å². The number of nitrogens with zero attached hydrogens (tertiary/aromatic N) is 3. The summed E-state index contributed by atoms with van der Waals surface area (Å²) in [6.45, 7) is 5.63. The van der Waals surface area contributed by atoms with Gasteiger partial charge in [0.1, 0.15) is 5.82 Å². The standard InChI is InChI=1S/C22H24FN5O2S/c1-13-8-7-9-14(2)19(13)25-18(29)12-31-22-27-26-20(28(22)4)15(3)24-21(30)16-10-5-6-11-17(16)23/h5-11,15H,12H2,1-4H3,(H,24,30)(H,25,29). The molecule has 9 heteroatoms. The molecule has 2 aromatic carbocycles. The van der Waals surface area contributed by atoms with Crippen molar-refractivity contribution < 1.29 is 14.0 Å². The molecule has 0 aliphatic rings. The minimum absolute atomic E-state index is 0.0331. The molecule has 0 aliphatic carbocycles. The minimum atomic E-state index is -0.587. The number of hydrogen-bond acceptors (Lipinski definition) is 5. The molecule has 0 saturated heterocycles. The number of carbonyl (C=O) groups excluding carboxylic acids is 2. The molecule has 3 aromatic rings. The van der Waals surface area contributed by atoms with E-state index in [0.29, 0.717) is 11.0 Å². The molecular weight excluding hydrogens is 417 g/mol. The lowest BCUT2D eigenvalue weighted by Gasteiger charge is -2.14. The van der Waals surface area contributed by atoms with Gasteiger partial charge in [0.2, 0.25) is 5.91 Å². The zero-order valence-corrected chi connectivity index (χ0v) is 18.6. The maximum atomic E-state index is 13.8. The number of aromatic nitrogens is 3. The Balaban J connectivity index is 1.61. The molecule has 0 spiro atoms. The van der Waals surface area contributed by atoms with Gasteiger partial charge in [-0.3, -0.25) is 9.59 Å². The normalized spacial score (nSPS) is 11.8. The number of amides is 2. The molecule has 0 saturated carbocycles. The molecule has 162 valence electrons. The largest absolute Gasteiger partial charge is 0.342 e. The Labute approximate surface area is 184 Å². The fourth-order valence-electron chi connectivity index (χ4n) is 3.13. The number of benzene rings is 2. The molecule has 1 heterocycles. The van der Waals surface area contributed by atoms with Crippen molar-refractivity contribution in [1.82, 2.24) is 20.1 Å². The van der Waals surface area contributed by atoms with Crippen molar-refractivity contribution in [2.45, 2.75) is 32.0 Å². The summed E-state index contributed by atoms with van der Waals surface area (Å²) in [7, 11) is 1.76. The quantitative estimate of drug-likeness (QED) is 0.545. The van der Waals surface area contributed by atoms with E-state index in [-0.39, 0.29) is 17.2 Å². The summed E-state index contributed by atoms with van der Waals surface area (Å²) in [5.74, 6) is -0.599. The summed E-state index contributed by atoms with van der Waals surface area (Å²) >= 11 is 1.25. The van der Waals surface area contributed by atoms with Gasteiger partial charge >= 0.3 is 0 Å². The van der Waals surface area contributed by atoms with Crippen molar-refractivity contribution in [3.8, 4) is 0 Å². The number of halogens is 1. The van der Waals surface area contributed by atoms with E-state index in [1.165, 1.54) is 30.0 Å². The van der Waals surface area contributed by atoms with E-state index < -0.39 is 17.8 Å². The van der Waals surface area contributed by atoms with Crippen molar-refractivity contribution in [1.29, 1.82) is 0 Å². The molecule has 7 nitrogen and oxygen atoms in total. The van der Waals surface area contributed by atoms with Crippen LogP contribution >= 0.6 is 11.8 Å². The van der Waals surface area contributed by atoms with E-state index in [9.17, 15) is 14.0 Å². The summed E-state index contributed by atoms with van der Waals surface area (Å²) < 4.78 is 15.5. The first-order chi connectivity index (χ1) is 14.8. The Morgan fingerprint density at radius 2 is 1.77 bits per heavy atom. The van der Waals surface area contributed by atoms with Gasteiger partial charge in [-0.05, 0) is 44.0 Å². The molecule has 0 aliphatic heterocycles. The molecule has 1 atom stereocenters. The number of nitrogens with one attached hydrogen (secondary N) is 2. The Hall–Kier alpha value is -3.20. The number of thioether (sulfide) groups is 1. The molecule has 0 bridgehead atoms. The Bertz CT molecular complexity index is 1090. The van der Waals surface area contributed by atoms with Crippen LogP contribution in [0.3, 0.4) is 0 Å². The van der Waals surface area contributed by atoms with Crippen molar-refractivity contribution in [2.75, 3.05) is 11.1 Å². The van der Waals surface area contributed by atoms with Gasteiger partial charge in [-0.15, -0.1) is 10.2 Å². The minimum Gasteiger partial charge on any atom is -0.342 e. The van der Waals surface area contributed by atoms with Crippen LogP contribution in [0.1, 0.15) is 40.3 Å². The highest BCUT2D eigenvalue weighted by Gasteiger charge is 2.20. The second-order valence-corrected chi connectivity index (χ2v) is 8.12. The van der Waals surface area contributed by atoms with Crippen molar-refractivity contribution >= 4 is 29.3 Å². The molecule has 1 aromatic heterocycles. The van der Waals surface area contributed by atoms with Crippen LogP contribution in [0.2, 0.25) is 0 Å². The van der Waals surface area contributed by atoms with E-state index >= 15 is 0 Å². The molecule has 2 amide bonds. The molecule has 0 radical (unpaired) electrons. The smallest absolute Gasteiger partial charge is 0.254 e. The number of aryl methyl sites for hydroxylation is 2. The highest BCUT2D eigenvalue weighted by Crippen LogP contribution is 2.22. The Morgan fingerprint density at radius 3 is 2.45 bits per heavy atom. The van der Waals surface area contributed by atoms with E-state index in [1.807, 2.05) is 32.0 Å². The van der Waals surface area contributed by atoms with Gasteiger partial charge in [-0.1, -0.05) is 42.1 Å². The SMILES string of the molecule is Cc1cccc(C)c1NC(=O)CSc1nnc(C(C)NC(=O)c2ccccc2F)n1C. The molecule has 31 heavy (non-hydrogen) atoms. The highest BCUT2D eigenvalue weighted by atomic mass is 32.2. The van der Waals surface area contributed by atoms with Crippen molar-refractivity contribution in [3.63, 3.8) is 0 Å². The van der Waals surface area contributed by atoms with Gasteiger partial charge in [0.25, 0.3) is 5.91 Å². The zero-order valence-electron chi connectivity index (χ0n) is 17.8. The highest BCUT2D eigenvalue weighted by molar-refractivity contribution is 7.99. The average Bonchev–Trinajstić information content (AvgIpc) is 3.10. The fraction of sp³-hybridized carbons (Fsp3) is 0.273. The fourth-order valence-corrected chi connectivity index (χ4v) is 3.85. The number of para-hydroxylation sites is 1. The molecule has 0 fully saturated rings. The van der Waals surface area contributed by atoms with Crippen LogP contribution in [0.5, 0.6) is 0 Å². The maximum Gasteiger partial charge on any atom is 0.254 e. The van der Waals surface area contributed by atoms with Gasteiger partial charge in [-0.2, -0.15) is 0 Å². The van der Waals surface area contributed by atoms with Crippen LogP contribution in [0.25, 0.3) is 0 Å². The van der Waals surface area contributed by atoms with Gasteiger partial charge < -0.3 is 15.2 Å². The maximum absolute atomic E-state index is 13.8. The first-order valence-corrected chi connectivity index (χ1v) is 10.7. The van der Waals surface area contributed by atoms with Crippen molar-refractivity contribution in [2.24, 2.45) is 7.05 Å². The van der Waals surface area contributed by atoms with E-state index in [2.05, 4.69) is 20.8 Å². The summed E-state index contributed by atoms with van der Waals surface area (Å²) in [6.07, 6.45) is 0. The third-order valence-electron chi connectivity index (χ3n) is 4.80. The number of anilines is 1. The molecule has 3 rings (SSSR count). The number of hydrogen-bond donors (Lipinski definition) is 2. The monoisotopic (exact) mass is 441 g/mol. The summed E-state index contributed by atoms with van der Waals surface area (Å²) in [5.41, 5.74) is 2.78. The van der Waals surface area contributed by atoms with Crippen LogP contribution in [-0.2, 0) is 11.8 Å². The van der Waals surface area contributed by atoms with Crippen molar-refractivity contribution in [3.05, 3.63) is 70.8 Å². The first-order valence-electron chi connectivity index (χ1n) is 9.71. The van der Waals surface area contributed by atoms with Crippen LogP contribution < -0.4 is 10.6 Å². The van der Waals surface area contributed by atoms with Crippen LogP contribution in [-0.4, -0.2) is 32.3 Å². The van der Waals surface area contributed by atoms with E-state index in [4.69, 9.17) is 0 Å². The predicted molar refractivity (Wildman–Crippen MR) is 119 cm³/mol. The van der Waals surface area contributed by atoms with E-state index in [1.54, 1.807) is 24.6 Å². The third kappa shape index (κ3) is 5.29. The second-order valence-electron chi connectivity index (χ2n) is 7.18. The summed E-state index contributed by atoms with van der Waals surface area (Å²) in [5, 5.41) is 14.5. The van der Waals surface area contributed by atoms with Gasteiger partial charge in [-0.25, -0.2) is 4.39 Å². The average molecular weight is 442 g/mol. The lowest BCUT2D eigenvalue weighted by molar-refractivity contribution is -0.113. The zero-order chi connectivity index (χ0) is 22.5. The molecular formula is C22H24FN5O2S. The molecule has 2 N–H and O–H groups in total. The Kier molecular flexibility index (Phi) is 7.06. The van der Waals surface area contributed by atoms with Gasteiger partial charge in [0.05, 0.1) is 17.4 Å². The van der Waals surface area contributed by atoms with Gasteiger partial charge in [0.15, 0.2) is 11.0 Å². The van der Waals surface area contributed by atoms with Crippen LogP contribution in [0.15, 0.2) is 47.6 Å². The topological polar surface area (TPSA) is 88.9 Å². The van der Waals surface area contributed by atoms with Crippen LogP contribution in [0, 0.1) is 19.7 Å². The second kappa shape index (κ2) is 9.74. The summed E-state index contributed by atoms with van der Waals surface area (Å²) in [6, 6.07) is 11.1. The lowest BCUT2D eigenvalue weighted by Crippen LogP contribution is -2.29. The van der Waals surface area contributed by atoms with Crippen LogP contribution in [0.4, 0.5) is 10.1 Å². The first kappa shape index (κ1) is 22.5.